The van der Waals surface area contributed by atoms with Crippen LogP contribution >= 0.6 is 0 Å². The molecule has 1 heterocycles. The van der Waals surface area contributed by atoms with Crippen molar-refractivity contribution in [2.45, 2.75) is 40.0 Å². The highest BCUT2D eigenvalue weighted by molar-refractivity contribution is 5.98. The molecule has 156 valence electrons. The van der Waals surface area contributed by atoms with Crippen molar-refractivity contribution in [3.8, 4) is 17.2 Å². The highest BCUT2D eigenvalue weighted by atomic mass is 16.5. The summed E-state index contributed by atoms with van der Waals surface area (Å²) in [6.45, 7) is 5.07. The lowest BCUT2D eigenvalue weighted by Gasteiger charge is -2.15. The van der Waals surface area contributed by atoms with Gasteiger partial charge in [-0.15, -0.1) is 0 Å². The summed E-state index contributed by atoms with van der Waals surface area (Å²) in [6, 6.07) is 7.71. The van der Waals surface area contributed by atoms with Crippen LogP contribution in [0.2, 0.25) is 0 Å². The molecule has 6 nitrogen and oxygen atoms in total. The first kappa shape index (κ1) is 20.0. The summed E-state index contributed by atoms with van der Waals surface area (Å²) in [5.74, 6) is 2.08. The Kier molecular flexibility index (Phi) is 5.02. The number of rotatable bonds is 4. The van der Waals surface area contributed by atoms with E-state index in [0.29, 0.717) is 17.0 Å². The van der Waals surface area contributed by atoms with Gasteiger partial charge in [-0.25, -0.2) is 4.79 Å². The number of nitrogens with one attached hydrogen (secondary N) is 1. The molecule has 2 aromatic carbocycles. The zero-order valence-corrected chi connectivity index (χ0v) is 17.3. The van der Waals surface area contributed by atoms with E-state index in [2.05, 4.69) is 4.98 Å². The second kappa shape index (κ2) is 7.52. The molecule has 3 aromatic rings. The third kappa shape index (κ3) is 3.77. The molecule has 2 unspecified atom stereocenters. The van der Waals surface area contributed by atoms with Crippen LogP contribution in [0.25, 0.3) is 10.9 Å². The number of carboxylic acids is 1. The van der Waals surface area contributed by atoms with E-state index in [1.54, 1.807) is 31.4 Å². The topological polar surface area (TPSA) is 99.6 Å². The van der Waals surface area contributed by atoms with Gasteiger partial charge in [0.05, 0.1) is 5.56 Å². The van der Waals surface area contributed by atoms with Gasteiger partial charge in [0, 0.05) is 16.5 Å². The van der Waals surface area contributed by atoms with E-state index in [9.17, 15) is 14.7 Å². The minimum Gasteiger partial charge on any atom is -0.508 e. The molecule has 2 fully saturated rings. The van der Waals surface area contributed by atoms with Crippen LogP contribution in [0.3, 0.4) is 0 Å². The number of ether oxygens (including phenoxy) is 1. The number of aromatic nitrogens is 1. The number of fused-ring (bicyclic) bond motifs is 2. The van der Waals surface area contributed by atoms with E-state index in [1.165, 1.54) is 37.0 Å². The minimum absolute atomic E-state index is 0.0156. The number of aryl methyl sites for hydroxylation is 2. The van der Waals surface area contributed by atoms with E-state index in [1.807, 2.05) is 13.8 Å². The van der Waals surface area contributed by atoms with Crippen LogP contribution < -0.4 is 4.74 Å². The average molecular weight is 407 g/mol. The minimum atomic E-state index is -1.03. The quantitative estimate of drug-likeness (QED) is 0.489. The summed E-state index contributed by atoms with van der Waals surface area (Å²) in [6.07, 6.45) is 4.70. The second-order valence-electron chi connectivity index (χ2n) is 8.27. The van der Waals surface area contributed by atoms with Crippen LogP contribution in [0.15, 0.2) is 30.3 Å². The number of phenolic OH excluding ortho intramolecular Hbond substituents is 1. The molecular formula is C24H25NO5. The van der Waals surface area contributed by atoms with E-state index >= 15 is 0 Å². The lowest BCUT2D eigenvalue weighted by Crippen LogP contribution is -1.99. The predicted octanol–water partition coefficient (Wildman–Crippen LogP) is 5.60. The zero-order valence-electron chi connectivity index (χ0n) is 17.3. The highest BCUT2D eigenvalue weighted by Crippen LogP contribution is 2.55. The van der Waals surface area contributed by atoms with Crippen molar-refractivity contribution in [3.63, 3.8) is 0 Å². The van der Waals surface area contributed by atoms with Gasteiger partial charge >= 0.3 is 5.97 Å². The largest absolute Gasteiger partial charge is 0.508 e. The van der Waals surface area contributed by atoms with Crippen molar-refractivity contribution in [3.05, 3.63) is 52.7 Å². The summed E-state index contributed by atoms with van der Waals surface area (Å²) in [4.78, 5) is 25.8. The molecule has 0 aliphatic heterocycles. The Bertz CT molecular complexity index is 1150. The van der Waals surface area contributed by atoms with Gasteiger partial charge in [-0.2, -0.15) is 0 Å². The third-order valence-corrected chi connectivity index (χ3v) is 6.07. The molecule has 1 aromatic heterocycles. The number of ketones is 1. The van der Waals surface area contributed by atoms with Gasteiger partial charge in [-0.1, -0.05) is 0 Å². The molecule has 2 aliphatic carbocycles. The molecule has 2 atom stereocenters. The van der Waals surface area contributed by atoms with Crippen molar-refractivity contribution in [1.82, 2.24) is 4.98 Å². The number of carbonyl (C=O) groups excluding carboxylic acids is 1. The van der Waals surface area contributed by atoms with Crippen molar-refractivity contribution < 1.29 is 24.5 Å². The Morgan fingerprint density at radius 1 is 1.10 bits per heavy atom. The molecule has 6 heteroatoms. The summed E-state index contributed by atoms with van der Waals surface area (Å²) >= 11 is 0. The van der Waals surface area contributed by atoms with E-state index in [4.69, 9.17) is 9.84 Å². The zero-order chi connectivity index (χ0) is 21.6. The van der Waals surface area contributed by atoms with Crippen molar-refractivity contribution >= 4 is 22.7 Å². The lowest BCUT2D eigenvalue weighted by atomic mass is 10.0. The predicted molar refractivity (Wildman–Crippen MR) is 114 cm³/mol. The summed E-state index contributed by atoms with van der Waals surface area (Å²) in [5, 5.41) is 19.5. The van der Waals surface area contributed by atoms with Gasteiger partial charge in [-0.3, -0.25) is 4.79 Å². The van der Waals surface area contributed by atoms with Crippen LogP contribution in [0.4, 0.5) is 0 Å². The van der Waals surface area contributed by atoms with Crippen molar-refractivity contribution in [1.29, 1.82) is 0 Å². The van der Waals surface area contributed by atoms with Crippen molar-refractivity contribution in [2.24, 2.45) is 11.8 Å². The number of H-pyrrole nitrogens is 1. The Morgan fingerprint density at radius 3 is 2.33 bits per heavy atom. The van der Waals surface area contributed by atoms with Crippen LogP contribution in [-0.4, -0.2) is 26.9 Å². The molecule has 0 amide bonds. The maximum atomic E-state index is 11.8. The number of aromatic carboxylic acids is 1. The maximum Gasteiger partial charge on any atom is 0.352 e. The van der Waals surface area contributed by atoms with Crippen molar-refractivity contribution in [2.75, 3.05) is 0 Å². The number of hydrogen-bond acceptors (Lipinski definition) is 4. The Morgan fingerprint density at radius 2 is 1.80 bits per heavy atom. The summed E-state index contributed by atoms with van der Waals surface area (Å²) in [5.41, 5.74) is 2.65. The van der Waals surface area contributed by atoms with Crippen LogP contribution in [0.1, 0.15) is 58.2 Å². The smallest absolute Gasteiger partial charge is 0.352 e. The molecule has 2 saturated carbocycles. The van der Waals surface area contributed by atoms with Gasteiger partial charge in [0.25, 0.3) is 0 Å². The molecule has 5 rings (SSSR count). The number of aromatic amines is 1. The molecule has 3 N–H and O–H groups in total. The molecular weight excluding hydrogens is 382 g/mol. The summed E-state index contributed by atoms with van der Waals surface area (Å²) < 4.78 is 5.97. The number of carboxylic acid groups (broad SMARTS) is 1. The Labute approximate surface area is 174 Å². The maximum absolute atomic E-state index is 11.8. The van der Waals surface area contributed by atoms with Crippen LogP contribution in [0.5, 0.6) is 17.2 Å². The highest BCUT2D eigenvalue weighted by Gasteiger charge is 2.44. The van der Waals surface area contributed by atoms with E-state index in [-0.39, 0.29) is 22.8 Å². The fourth-order valence-corrected chi connectivity index (χ4v) is 4.04. The first-order valence-electron chi connectivity index (χ1n) is 10.1. The van der Waals surface area contributed by atoms with Crippen LogP contribution in [0, 0.1) is 25.7 Å². The van der Waals surface area contributed by atoms with Gasteiger partial charge < -0.3 is 19.9 Å². The van der Waals surface area contributed by atoms with E-state index < -0.39 is 5.97 Å². The first-order chi connectivity index (χ1) is 14.2. The third-order valence-electron chi connectivity index (χ3n) is 6.07. The Hall–Kier alpha value is -3.28. The molecule has 0 spiro atoms. The fourth-order valence-electron chi connectivity index (χ4n) is 4.04. The van der Waals surface area contributed by atoms with Gasteiger partial charge in [0.15, 0.2) is 5.78 Å². The fraction of sp³-hybridized carbons (Fsp3) is 0.333. The number of benzene rings is 2. The molecule has 0 saturated heterocycles. The average Bonchev–Trinajstić information content (AvgIpc) is 3.07. The SMILES string of the molecule is C1CC2CC12.CC(=O)c1cc(O)ccc1Oc1c(C)cc2[nH]c(C(=O)O)cc2c1C. The second-order valence-corrected chi connectivity index (χ2v) is 8.27. The standard InChI is InChI=1S/C19H17NO5.C5H8/c1-9-6-15-13(8-16(20-15)19(23)24)10(2)18(9)25-17-5-4-12(22)7-14(17)11(3)21;1-2-5-3-4(1)5/h4-8,20,22H,1-3H3,(H,23,24);4-5H,1-3H2. The number of carbonyl (C=O) groups is 2. The summed E-state index contributed by atoms with van der Waals surface area (Å²) in [7, 11) is 0. The van der Waals surface area contributed by atoms with Gasteiger partial charge in [-0.05, 0) is 87.8 Å². The van der Waals surface area contributed by atoms with Gasteiger partial charge in [0.2, 0.25) is 0 Å². The van der Waals surface area contributed by atoms with E-state index in [0.717, 1.165) is 16.5 Å². The number of hydrogen-bond donors (Lipinski definition) is 3. The number of Topliss-reactive ketones (excluding diaryl/α,β-unsaturated/α-hetero) is 1. The molecule has 0 bridgehead atoms. The first-order valence-corrected chi connectivity index (χ1v) is 10.1. The molecule has 2 aliphatic rings. The normalized spacial score (nSPS) is 18.6. The monoisotopic (exact) mass is 407 g/mol. The van der Waals surface area contributed by atoms with Gasteiger partial charge in [0.1, 0.15) is 22.9 Å². The number of aromatic hydroxyl groups is 1. The van der Waals surface area contributed by atoms with Crippen LogP contribution in [-0.2, 0) is 0 Å². The lowest BCUT2D eigenvalue weighted by molar-refractivity contribution is 0.0691. The molecule has 30 heavy (non-hydrogen) atoms. The number of phenols is 1. The Balaban J connectivity index is 0.000000372. The molecule has 0 radical (unpaired) electrons.